The number of carbonyl (C=O) groups is 1. The zero-order chi connectivity index (χ0) is 12.3. The first-order valence-corrected chi connectivity index (χ1v) is 5.83. The largest absolute Gasteiger partial charge is 0.355 e. The molecule has 0 aliphatic carbocycles. The Bertz CT molecular complexity index is 304. The first-order chi connectivity index (χ1) is 7.40. The van der Waals surface area contributed by atoms with Crippen LogP contribution in [0, 0.1) is 11.3 Å². The quantitative estimate of drug-likeness (QED) is 0.767. The first-order valence-electron chi connectivity index (χ1n) is 5.83. The molecule has 0 aromatic heterocycles. The molecule has 0 bridgehead atoms. The molecule has 1 aliphatic rings. The molecule has 0 spiro atoms. The Kier molecular flexibility index (Phi) is 3.93. The van der Waals surface area contributed by atoms with Gasteiger partial charge in [0, 0.05) is 18.1 Å². The van der Waals surface area contributed by atoms with Gasteiger partial charge in [-0.25, -0.2) is 0 Å². The Morgan fingerprint density at radius 1 is 1.62 bits per heavy atom. The summed E-state index contributed by atoms with van der Waals surface area (Å²) in [4.78, 5) is 14.1. The lowest BCUT2D eigenvalue weighted by molar-refractivity contribution is -0.127. The normalized spacial score (nSPS) is 26.0. The maximum absolute atomic E-state index is 11.9. The average molecular weight is 223 g/mol. The van der Waals surface area contributed by atoms with E-state index < -0.39 is 0 Å². The van der Waals surface area contributed by atoms with Gasteiger partial charge < -0.3 is 5.32 Å². The number of carbonyl (C=O) groups excluding carboxylic acids is 1. The van der Waals surface area contributed by atoms with Crippen molar-refractivity contribution in [3.05, 3.63) is 0 Å². The molecule has 1 amide bonds. The number of nitrogens with zero attached hydrogens (tertiary/aromatic N) is 2. The molecule has 1 fully saturated rings. The van der Waals surface area contributed by atoms with Gasteiger partial charge in [-0.1, -0.05) is 0 Å². The van der Waals surface area contributed by atoms with Crippen LogP contribution in [0.4, 0.5) is 0 Å². The van der Waals surface area contributed by atoms with Gasteiger partial charge in [-0.15, -0.1) is 0 Å². The number of nitriles is 1. The van der Waals surface area contributed by atoms with Crippen molar-refractivity contribution in [2.24, 2.45) is 0 Å². The predicted molar refractivity (Wildman–Crippen MR) is 62.7 cm³/mol. The van der Waals surface area contributed by atoms with Crippen LogP contribution in [0.1, 0.15) is 40.5 Å². The van der Waals surface area contributed by atoms with Gasteiger partial charge in [0.2, 0.25) is 5.91 Å². The fraction of sp³-hybridized carbons (Fsp3) is 0.833. The molecule has 4 heteroatoms. The summed E-state index contributed by atoms with van der Waals surface area (Å²) in [5.41, 5.74) is -0.0468. The standard InChI is InChI=1S/C12H21N3O/c1-9(2)15-10(5-7-13)11(16)14-8-6-12(15,3)4/h9-10H,5-6,8H2,1-4H3,(H,14,16). The van der Waals surface area contributed by atoms with Gasteiger partial charge in [0.25, 0.3) is 0 Å². The molecule has 0 saturated carbocycles. The lowest BCUT2D eigenvalue weighted by atomic mass is 9.94. The lowest BCUT2D eigenvalue weighted by Gasteiger charge is -2.43. The molecule has 0 radical (unpaired) electrons. The van der Waals surface area contributed by atoms with Gasteiger partial charge in [-0.05, 0) is 34.1 Å². The summed E-state index contributed by atoms with van der Waals surface area (Å²) in [6.07, 6.45) is 1.17. The number of hydrogen-bond donors (Lipinski definition) is 1. The van der Waals surface area contributed by atoms with Crippen molar-refractivity contribution in [2.75, 3.05) is 6.54 Å². The van der Waals surface area contributed by atoms with Gasteiger partial charge in [-0.3, -0.25) is 9.69 Å². The molecule has 1 aliphatic heterocycles. The van der Waals surface area contributed by atoms with Crippen LogP contribution in [0.2, 0.25) is 0 Å². The number of hydrogen-bond acceptors (Lipinski definition) is 3. The summed E-state index contributed by atoms with van der Waals surface area (Å²) in [5, 5.41) is 11.7. The number of amides is 1. The molecular weight excluding hydrogens is 202 g/mol. The summed E-state index contributed by atoms with van der Waals surface area (Å²) in [6.45, 7) is 9.11. The highest BCUT2D eigenvalue weighted by atomic mass is 16.2. The molecule has 1 heterocycles. The van der Waals surface area contributed by atoms with E-state index >= 15 is 0 Å². The third-order valence-corrected chi connectivity index (χ3v) is 3.21. The molecule has 1 unspecified atom stereocenters. The van der Waals surface area contributed by atoms with Crippen molar-refractivity contribution in [3.8, 4) is 6.07 Å². The molecular formula is C12H21N3O. The minimum atomic E-state index is -0.317. The molecule has 0 aromatic carbocycles. The fourth-order valence-electron chi connectivity index (χ4n) is 2.62. The Labute approximate surface area is 97.6 Å². The Morgan fingerprint density at radius 3 is 2.75 bits per heavy atom. The van der Waals surface area contributed by atoms with Crippen LogP contribution < -0.4 is 5.32 Å². The van der Waals surface area contributed by atoms with Crippen molar-refractivity contribution in [1.29, 1.82) is 5.26 Å². The summed E-state index contributed by atoms with van der Waals surface area (Å²) in [6, 6.07) is 2.06. The molecule has 16 heavy (non-hydrogen) atoms. The van der Waals surface area contributed by atoms with Crippen LogP contribution in [0.25, 0.3) is 0 Å². The highest BCUT2D eigenvalue weighted by Crippen LogP contribution is 2.27. The molecule has 1 N–H and O–H groups in total. The van der Waals surface area contributed by atoms with Crippen molar-refractivity contribution in [3.63, 3.8) is 0 Å². The van der Waals surface area contributed by atoms with Crippen LogP contribution >= 0.6 is 0 Å². The van der Waals surface area contributed by atoms with E-state index in [1.807, 2.05) is 0 Å². The Hall–Kier alpha value is -1.08. The van der Waals surface area contributed by atoms with Gasteiger partial charge in [0.1, 0.15) is 6.04 Å². The predicted octanol–water partition coefficient (Wildman–Crippen LogP) is 1.28. The average Bonchev–Trinajstić information content (AvgIpc) is 2.24. The lowest BCUT2D eigenvalue weighted by Crippen LogP contribution is -2.55. The van der Waals surface area contributed by atoms with E-state index in [4.69, 9.17) is 5.26 Å². The summed E-state index contributed by atoms with van der Waals surface area (Å²) in [5.74, 6) is -0.0131. The molecule has 90 valence electrons. The van der Waals surface area contributed by atoms with Crippen LogP contribution in [0.3, 0.4) is 0 Å². The van der Waals surface area contributed by atoms with E-state index in [2.05, 4.69) is 44.0 Å². The van der Waals surface area contributed by atoms with Crippen molar-refractivity contribution < 1.29 is 4.79 Å². The maximum Gasteiger partial charge on any atom is 0.238 e. The van der Waals surface area contributed by atoms with E-state index in [-0.39, 0.29) is 30.0 Å². The molecule has 1 rings (SSSR count). The maximum atomic E-state index is 11.9. The van der Waals surface area contributed by atoms with Crippen LogP contribution in [0.15, 0.2) is 0 Å². The van der Waals surface area contributed by atoms with Crippen LogP contribution in [-0.2, 0) is 4.79 Å². The second-order valence-electron chi connectivity index (χ2n) is 5.23. The highest BCUT2D eigenvalue weighted by molar-refractivity contribution is 5.82. The first kappa shape index (κ1) is 13.0. The topological polar surface area (TPSA) is 56.1 Å². The summed E-state index contributed by atoms with van der Waals surface area (Å²) >= 11 is 0. The minimum Gasteiger partial charge on any atom is -0.355 e. The summed E-state index contributed by atoms with van der Waals surface area (Å²) in [7, 11) is 0. The van der Waals surface area contributed by atoms with Crippen LogP contribution in [0.5, 0.6) is 0 Å². The van der Waals surface area contributed by atoms with Crippen molar-refractivity contribution in [1.82, 2.24) is 10.2 Å². The third-order valence-electron chi connectivity index (χ3n) is 3.21. The molecule has 1 saturated heterocycles. The fourth-order valence-corrected chi connectivity index (χ4v) is 2.62. The summed E-state index contributed by atoms with van der Waals surface area (Å²) < 4.78 is 0. The van der Waals surface area contributed by atoms with Crippen molar-refractivity contribution in [2.45, 2.75) is 58.2 Å². The van der Waals surface area contributed by atoms with E-state index in [9.17, 15) is 4.79 Å². The number of rotatable bonds is 2. The van der Waals surface area contributed by atoms with Gasteiger partial charge in [0.05, 0.1) is 12.5 Å². The van der Waals surface area contributed by atoms with Gasteiger partial charge in [0.15, 0.2) is 0 Å². The highest BCUT2D eigenvalue weighted by Gasteiger charge is 2.39. The second-order valence-corrected chi connectivity index (χ2v) is 5.23. The van der Waals surface area contributed by atoms with E-state index in [0.29, 0.717) is 6.54 Å². The monoisotopic (exact) mass is 223 g/mol. The Balaban J connectivity index is 3.05. The zero-order valence-corrected chi connectivity index (χ0v) is 10.6. The van der Waals surface area contributed by atoms with Gasteiger partial charge in [-0.2, -0.15) is 5.26 Å². The van der Waals surface area contributed by atoms with Gasteiger partial charge >= 0.3 is 0 Å². The zero-order valence-electron chi connectivity index (χ0n) is 10.6. The molecule has 1 atom stereocenters. The minimum absolute atomic E-state index is 0.0131. The van der Waals surface area contributed by atoms with Crippen LogP contribution in [-0.4, -0.2) is 35.0 Å². The molecule has 4 nitrogen and oxygen atoms in total. The molecule has 0 aromatic rings. The number of nitrogens with one attached hydrogen (secondary N) is 1. The third kappa shape index (κ3) is 2.53. The van der Waals surface area contributed by atoms with E-state index in [1.165, 1.54) is 0 Å². The van der Waals surface area contributed by atoms with E-state index in [0.717, 1.165) is 6.42 Å². The SMILES string of the molecule is CC(C)N1C(CC#N)C(=O)NCCC1(C)C. The van der Waals surface area contributed by atoms with Crippen molar-refractivity contribution >= 4 is 5.91 Å². The second kappa shape index (κ2) is 4.84. The Morgan fingerprint density at radius 2 is 2.25 bits per heavy atom. The smallest absolute Gasteiger partial charge is 0.238 e. The van der Waals surface area contributed by atoms with E-state index in [1.54, 1.807) is 0 Å².